The molecule has 0 radical (unpaired) electrons. The average Bonchev–Trinajstić information content (AvgIpc) is 2.37. The molecule has 1 aromatic rings. The third-order valence-corrected chi connectivity index (χ3v) is 3.73. The summed E-state index contributed by atoms with van der Waals surface area (Å²) in [6.45, 7) is 0.369. The molecule has 1 saturated carbocycles. The van der Waals surface area contributed by atoms with Gasteiger partial charge in [0.05, 0.1) is 5.92 Å². The molecule has 0 unspecified atom stereocenters. The highest BCUT2D eigenvalue weighted by molar-refractivity contribution is 5.17. The largest absolute Gasteiger partial charge is 0.391 e. The van der Waals surface area contributed by atoms with Crippen molar-refractivity contribution < 1.29 is 17.6 Å². The van der Waals surface area contributed by atoms with E-state index in [0.717, 1.165) is 0 Å². The molecule has 0 spiro atoms. The van der Waals surface area contributed by atoms with Crippen molar-refractivity contribution in [3.63, 3.8) is 0 Å². The normalized spacial score (nSPS) is 24.4. The maximum Gasteiger partial charge on any atom is 0.391 e. The van der Waals surface area contributed by atoms with Crippen molar-refractivity contribution in [3.8, 4) is 0 Å². The number of nitrogens with one attached hydrogen (secondary N) is 1. The zero-order valence-corrected chi connectivity index (χ0v) is 10.5. The highest BCUT2D eigenvalue weighted by atomic mass is 19.4. The van der Waals surface area contributed by atoms with Crippen molar-refractivity contribution >= 4 is 0 Å². The van der Waals surface area contributed by atoms with Crippen molar-refractivity contribution in [2.24, 2.45) is 5.92 Å². The number of benzene rings is 1. The van der Waals surface area contributed by atoms with E-state index in [2.05, 4.69) is 5.32 Å². The van der Waals surface area contributed by atoms with Crippen LogP contribution in [0.5, 0.6) is 0 Å². The van der Waals surface area contributed by atoms with Crippen LogP contribution in [0, 0.1) is 11.7 Å². The topological polar surface area (TPSA) is 12.0 Å². The Balaban J connectivity index is 1.79. The summed E-state index contributed by atoms with van der Waals surface area (Å²) in [4.78, 5) is 0. The third-order valence-electron chi connectivity index (χ3n) is 3.73. The van der Waals surface area contributed by atoms with E-state index in [-0.39, 0.29) is 24.7 Å². The first-order valence-corrected chi connectivity index (χ1v) is 6.50. The number of halogens is 4. The van der Waals surface area contributed by atoms with Gasteiger partial charge in [-0.2, -0.15) is 13.2 Å². The Morgan fingerprint density at radius 2 is 1.68 bits per heavy atom. The van der Waals surface area contributed by atoms with Crippen molar-refractivity contribution in [2.75, 3.05) is 0 Å². The van der Waals surface area contributed by atoms with E-state index in [1.165, 1.54) is 6.07 Å². The van der Waals surface area contributed by atoms with Gasteiger partial charge in [-0.05, 0) is 31.7 Å². The predicted octanol–water partition coefficient (Wildman–Crippen LogP) is 4.04. The molecular weight excluding hydrogens is 258 g/mol. The van der Waals surface area contributed by atoms with E-state index in [0.29, 0.717) is 24.9 Å². The molecule has 0 atom stereocenters. The Labute approximate surface area is 110 Å². The quantitative estimate of drug-likeness (QED) is 0.821. The number of alkyl halides is 3. The van der Waals surface area contributed by atoms with Gasteiger partial charge in [-0.15, -0.1) is 0 Å². The van der Waals surface area contributed by atoms with Gasteiger partial charge in [0.2, 0.25) is 0 Å². The van der Waals surface area contributed by atoms with E-state index >= 15 is 0 Å². The van der Waals surface area contributed by atoms with Crippen LogP contribution in [0.15, 0.2) is 24.3 Å². The lowest BCUT2D eigenvalue weighted by molar-refractivity contribution is -0.182. The molecule has 0 amide bonds. The van der Waals surface area contributed by atoms with E-state index in [9.17, 15) is 17.6 Å². The highest BCUT2D eigenvalue weighted by Gasteiger charge is 2.41. The summed E-state index contributed by atoms with van der Waals surface area (Å²) in [7, 11) is 0. The Morgan fingerprint density at radius 1 is 1.05 bits per heavy atom. The molecule has 1 N–H and O–H groups in total. The SMILES string of the molecule is Fc1ccccc1CNC1CCC(C(F)(F)F)CC1. The maximum absolute atomic E-state index is 13.4. The number of hydrogen-bond donors (Lipinski definition) is 1. The van der Waals surface area contributed by atoms with Crippen LogP contribution in [-0.4, -0.2) is 12.2 Å². The highest BCUT2D eigenvalue weighted by Crippen LogP contribution is 2.37. The minimum Gasteiger partial charge on any atom is -0.310 e. The first-order chi connectivity index (χ1) is 8.97. The van der Waals surface area contributed by atoms with Gasteiger partial charge >= 0.3 is 6.18 Å². The molecular formula is C14H17F4N. The predicted molar refractivity (Wildman–Crippen MR) is 65.0 cm³/mol. The lowest BCUT2D eigenvalue weighted by Gasteiger charge is -2.30. The lowest BCUT2D eigenvalue weighted by Crippen LogP contribution is -2.36. The first-order valence-electron chi connectivity index (χ1n) is 6.50. The molecule has 19 heavy (non-hydrogen) atoms. The van der Waals surface area contributed by atoms with Gasteiger partial charge in [0.15, 0.2) is 0 Å². The van der Waals surface area contributed by atoms with E-state index in [1.54, 1.807) is 18.2 Å². The summed E-state index contributed by atoms with van der Waals surface area (Å²) in [6.07, 6.45) is -2.75. The second-order valence-corrected chi connectivity index (χ2v) is 5.06. The van der Waals surface area contributed by atoms with Crippen LogP contribution >= 0.6 is 0 Å². The zero-order chi connectivity index (χ0) is 13.9. The van der Waals surface area contributed by atoms with Gasteiger partial charge in [0.25, 0.3) is 0 Å². The fourth-order valence-corrected chi connectivity index (χ4v) is 2.52. The van der Waals surface area contributed by atoms with Crippen molar-refractivity contribution in [1.82, 2.24) is 5.32 Å². The Bertz CT molecular complexity index is 408. The summed E-state index contributed by atoms with van der Waals surface area (Å²) in [5.74, 6) is -1.45. The third kappa shape index (κ3) is 3.93. The van der Waals surface area contributed by atoms with Gasteiger partial charge < -0.3 is 5.32 Å². The molecule has 0 bridgehead atoms. The summed E-state index contributed by atoms with van der Waals surface area (Å²) >= 11 is 0. The van der Waals surface area contributed by atoms with E-state index in [1.807, 2.05) is 0 Å². The van der Waals surface area contributed by atoms with Crippen LogP contribution < -0.4 is 5.32 Å². The minimum atomic E-state index is -4.07. The Kier molecular flexibility index (Phi) is 4.45. The molecule has 0 saturated heterocycles. The molecule has 5 heteroatoms. The van der Waals surface area contributed by atoms with Crippen LogP contribution in [0.4, 0.5) is 17.6 Å². The monoisotopic (exact) mass is 275 g/mol. The molecule has 2 rings (SSSR count). The summed E-state index contributed by atoms with van der Waals surface area (Å²) in [5.41, 5.74) is 0.556. The molecule has 106 valence electrons. The second-order valence-electron chi connectivity index (χ2n) is 5.06. The second kappa shape index (κ2) is 5.90. The fourth-order valence-electron chi connectivity index (χ4n) is 2.52. The molecule has 1 aliphatic carbocycles. The minimum absolute atomic E-state index is 0.0539. The van der Waals surface area contributed by atoms with Gasteiger partial charge in [-0.3, -0.25) is 0 Å². The van der Waals surface area contributed by atoms with Crippen molar-refractivity contribution in [3.05, 3.63) is 35.6 Å². The Hall–Kier alpha value is -1.10. The average molecular weight is 275 g/mol. The number of hydrogen-bond acceptors (Lipinski definition) is 1. The van der Waals surface area contributed by atoms with Crippen LogP contribution in [0.25, 0.3) is 0 Å². The maximum atomic E-state index is 13.4. The molecule has 0 heterocycles. The molecule has 1 aliphatic rings. The van der Waals surface area contributed by atoms with Crippen molar-refractivity contribution in [1.29, 1.82) is 0 Å². The summed E-state index contributed by atoms with van der Waals surface area (Å²) in [5, 5.41) is 3.14. The Morgan fingerprint density at radius 3 is 2.26 bits per heavy atom. The van der Waals surface area contributed by atoms with E-state index < -0.39 is 12.1 Å². The molecule has 0 aromatic heterocycles. The van der Waals surface area contributed by atoms with Gasteiger partial charge in [-0.1, -0.05) is 18.2 Å². The van der Waals surface area contributed by atoms with Gasteiger partial charge in [0, 0.05) is 18.2 Å². The number of rotatable bonds is 3. The van der Waals surface area contributed by atoms with Crippen LogP contribution in [0.1, 0.15) is 31.2 Å². The fraction of sp³-hybridized carbons (Fsp3) is 0.571. The summed E-state index contributed by atoms with van der Waals surface area (Å²) < 4.78 is 50.9. The lowest BCUT2D eigenvalue weighted by atomic mass is 9.85. The molecule has 1 aromatic carbocycles. The molecule has 0 aliphatic heterocycles. The van der Waals surface area contributed by atoms with Gasteiger partial charge in [-0.25, -0.2) is 4.39 Å². The molecule has 1 nitrogen and oxygen atoms in total. The van der Waals surface area contributed by atoms with Crippen LogP contribution in [-0.2, 0) is 6.54 Å². The standard InChI is InChI=1S/C14H17F4N/c15-13-4-2-1-3-10(13)9-19-12-7-5-11(6-8-12)14(16,17)18/h1-4,11-12,19H,5-9H2. The summed E-state index contributed by atoms with van der Waals surface area (Å²) in [6, 6.07) is 6.49. The van der Waals surface area contributed by atoms with Crippen LogP contribution in [0.2, 0.25) is 0 Å². The zero-order valence-electron chi connectivity index (χ0n) is 10.5. The molecule has 1 fully saturated rings. The van der Waals surface area contributed by atoms with Crippen molar-refractivity contribution in [2.45, 2.75) is 44.4 Å². The van der Waals surface area contributed by atoms with Crippen LogP contribution in [0.3, 0.4) is 0 Å². The van der Waals surface area contributed by atoms with Gasteiger partial charge in [0.1, 0.15) is 5.82 Å². The smallest absolute Gasteiger partial charge is 0.310 e. The van der Waals surface area contributed by atoms with E-state index in [4.69, 9.17) is 0 Å². The first kappa shape index (κ1) is 14.3.